The van der Waals surface area contributed by atoms with E-state index in [1.54, 1.807) is 6.92 Å². The van der Waals surface area contributed by atoms with Gasteiger partial charge in [0, 0.05) is 18.7 Å². The fourth-order valence-corrected chi connectivity index (χ4v) is 1.32. The highest BCUT2D eigenvalue weighted by Crippen LogP contribution is 2.23. The number of rotatable bonds is 6. The molecule has 0 fully saturated rings. The molecule has 0 aliphatic rings. The average Bonchev–Trinajstić information content (AvgIpc) is 2.28. The number of carboxylic acids is 1. The lowest BCUT2D eigenvalue weighted by molar-refractivity contribution is -0.384. The Morgan fingerprint density at radius 3 is 2.78 bits per heavy atom. The molecule has 0 saturated carbocycles. The van der Waals surface area contributed by atoms with Gasteiger partial charge in [-0.15, -0.1) is 0 Å². The number of nitrogens with one attached hydrogen (secondary N) is 1. The third kappa shape index (κ3) is 3.39. The van der Waals surface area contributed by atoms with Crippen molar-refractivity contribution in [3.8, 4) is 0 Å². The van der Waals surface area contributed by atoms with Gasteiger partial charge in [0.05, 0.1) is 4.92 Å². The Balaban J connectivity index is 3.07. The second-order valence-corrected chi connectivity index (χ2v) is 3.68. The fourth-order valence-electron chi connectivity index (χ4n) is 1.32. The zero-order valence-corrected chi connectivity index (χ0v) is 9.66. The fraction of sp³-hybridized carbons (Fsp3) is 0.400. The van der Waals surface area contributed by atoms with Crippen molar-refractivity contribution in [1.29, 1.82) is 0 Å². The molecule has 0 amide bonds. The van der Waals surface area contributed by atoms with Crippen molar-refractivity contribution in [2.24, 2.45) is 0 Å². The summed E-state index contributed by atoms with van der Waals surface area (Å²) in [5.41, 5.74) is -0.580. The second-order valence-electron chi connectivity index (χ2n) is 3.68. The average molecular weight is 255 g/mol. The Morgan fingerprint density at radius 1 is 1.61 bits per heavy atom. The normalized spacial score (nSPS) is 11.9. The molecule has 18 heavy (non-hydrogen) atoms. The van der Waals surface area contributed by atoms with Gasteiger partial charge in [-0.2, -0.15) is 0 Å². The van der Waals surface area contributed by atoms with Crippen molar-refractivity contribution in [3.05, 3.63) is 27.9 Å². The van der Waals surface area contributed by atoms with Crippen molar-refractivity contribution < 1.29 is 19.9 Å². The maximum atomic E-state index is 10.8. The van der Waals surface area contributed by atoms with E-state index in [1.165, 1.54) is 0 Å². The van der Waals surface area contributed by atoms with E-state index >= 15 is 0 Å². The van der Waals surface area contributed by atoms with Crippen molar-refractivity contribution in [3.63, 3.8) is 0 Å². The molecule has 1 aromatic rings. The second kappa shape index (κ2) is 5.92. The zero-order chi connectivity index (χ0) is 13.7. The number of hydrogen-bond donors (Lipinski definition) is 3. The lowest BCUT2D eigenvalue weighted by Crippen LogP contribution is -2.19. The lowest BCUT2D eigenvalue weighted by atomic mass is 10.2. The number of nitro groups is 1. The van der Waals surface area contributed by atoms with Crippen LogP contribution in [0.4, 0.5) is 11.5 Å². The number of nitrogens with zero attached hydrogens (tertiary/aromatic N) is 2. The molecule has 0 radical (unpaired) electrons. The van der Waals surface area contributed by atoms with Crippen LogP contribution in [-0.2, 0) is 0 Å². The van der Waals surface area contributed by atoms with Crippen molar-refractivity contribution >= 4 is 17.5 Å². The number of aromatic carboxylic acids is 1. The standard InChI is InChI=1S/C10H13N3O5/c1-6(4-5-14)11-9-8(13(17)18)3-2-7(12-9)10(15)16/h2-3,6,14H,4-5H2,1H3,(H,11,12)(H,15,16). The highest BCUT2D eigenvalue weighted by atomic mass is 16.6. The van der Waals surface area contributed by atoms with Crippen LogP contribution in [0.3, 0.4) is 0 Å². The Morgan fingerprint density at radius 2 is 2.28 bits per heavy atom. The first kappa shape index (κ1) is 13.8. The van der Waals surface area contributed by atoms with Crippen LogP contribution in [-0.4, -0.2) is 38.7 Å². The quantitative estimate of drug-likeness (QED) is 0.508. The van der Waals surface area contributed by atoms with E-state index in [4.69, 9.17) is 10.2 Å². The van der Waals surface area contributed by atoms with E-state index in [0.717, 1.165) is 12.1 Å². The summed E-state index contributed by atoms with van der Waals surface area (Å²) in [6.45, 7) is 1.62. The van der Waals surface area contributed by atoms with Crippen LogP contribution in [0.15, 0.2) is 12.1 Å². The van der Waals surface area contributed by atoms with Gasteiger partial charge in [0.2, 0.25) is 5.82 Å². The maximum absolute atomic E-state index is 10.8. The monoisotopic (exact) mass is 255 g/mol. The molecule has 0 spiro atoms. The van der Waals surface area contributed by atoms with E-state index in [-0.39, 0.29) is 29.8 Å². The van der Waals surface area contributed by atoms with Crippen LogP contribution in [0.5, 0.6) is 0 Å². The summed E-state index contributed by atoms with van der Waals surface area (Å²) >= 11 is 0. The minimum absolute atomic E-state index is 0.0828. The first-order chi connectivity index (χ1) is 8.45. The summed E-state index contributed by atoms with van der Waals surface area (Å²) in [7, 11) is 0. The van der Waals surface area contributed by atoms with Gasteiger partial charge in [-0.3, -0.25) is 10.1 Å². The van der Waals surface area contributed by atoms with E-state index in [9.17, 15) is 14.9 Å². The van der Waals surface area contributed by atoms with E-state index in [2.05, 4.69) is 10.3 Å². The van der Waals surface area contributed by atoms with Crippen LogP contribution < -0.4 is 5.32 Å². The van der Waals surface area contributed by atoms with Crippen molar-refractivity contribution in [2.45, 2.75) is 19.4 Å². The third-order valence-corrected chi connectivity index (χ3v) is 2.23. The number of carbonyl (C=O) groups is 1. The maximum Gasteiger partial charge on any atom is 0.354 e. The number of aliphatic hydroxyl groups excluding tert-OH is 1. The van der Waals surface area contributed by atoms with Gasteiger partial charge in [0.15, 0.2) is 5.69 Å². The summed E-state index contributed by atoms with van der Waals surface area (Å²) < 4.78 is 0. The number of anilines is 1. The molecule has 0 aromatic carbocycles. The van der Waals surface area contributed by atoms with Gasteiger partial charge in [0.1, 0.15) is 0 Å². The molecule has 3 N–H and O–H groups in total. The summed E-state index contributed by atoms with van der Waals surface area (Å²) in [4.78, 5) is 24.6. The van der Waals surface area contributed by atoms with Crippen LogP contribution in [0.2, 0.25) is 0 Å². The predicted molar refractivity (Wildman–Crippen MR) is 62.6 cm³/mol. The minimum atomic E-state index is -1.26. The molecule has 0 aliphatic heterocycles. The third-order valence-electron chi connectivity index (χ3n) is 2.23. The van der Waals surface area contributed by atoms with E-state index in [1.807, 2.05) is 0 Å². The molecule has 0 bridgehead atoms. The summed E-state index contributed by atoms with van der Waals surface area (Å²) in [5.74, 6) is -1.37. The lowest BCUT2D eigenvalue weighted by Gasteiger charge is -2.13. The number of aromatic nitrogens is 1. The molecule has 1 heterocycles. The van der Waals surface area contributed by atoms with Crippen LogP contribution in [0.1, 0.15) is 23.8 Å². The Bertz CT molecular complexity index is 463. The number of hydrogen-bond acceptors (Lipinski definition) is 6. The molecular weight excluding hydrogens is 242 g/mol. The van der Waals surface area contributed by atoms with Gasteiger partial charge in [0.25, 0.3) is 0 Å². The molecule has 1 aromatic heterocycles. The highest BCUT2D eigenvalue weighted by molar-refractivity contribution is 5.86. The number of carboxylic acid groups (broad SMARTS) is 1. The number of pyridine rings is 1. The van der Waals surface area contributed by atoms with Crippen molar-refractivity contribution in [2.75, 3.05) is 11.9 Å². The first-order valence-electron chi connectivity index (χ1n) is 5.21. The predicted octanol–water partition coefficient (Wildman–Crippen LogP) is 0.871. The molecule has 1 atom stereocenters. The van der Waals surface area contributed by atoms with E-state index in [0.29, 0.717) is 6.42 Å². The molecule has 98 valence electrons. The highest BCUT2D eigenvalue weighted by Gasteiger charge is 2.19. The van der Waals surface area contributed by atoms with Gasteiger partial charge in [-0.25, -0.2) is 9.78 Å². The topological polar surface area (TPSA) is 126 Å². The molecule has 1 rings (SSSR count). The molecular formula is C10H13N3O5. The van der Waals surface area contributed by atoms with Crippen LogP contribution in [0.25, 0.3) is 0 Å². The molecule has 0 saturated heterocycles. The molecule has 8 heteroatoms. The Labute approximate surface area is 102 Å². The summed E-state index contributed by atoms with van der Waals surface area (Å²) in [6, 6.07) is 1.90. The Hall–Kier alpha value is -2.22. The van der Waals surface area contributed by atoms with Crippen LogP contribution in [0, 0.1) is 10.1 Å². The summed E-state index contributed by atoms with van der Waals surface area (Å²) in [6.07, 6.45) is 0.371. The van der Waals surface area contributed by atoms with Gasteiger partial charge >= 0.3 is 11.7 Å². The Kier molecular flexibility index (Phi) is 4.55. The van der Waals surface area contributed by atoms with Gasteiger partial charge < -0.3 is 15.5 Å². The summed E-state index contributed by atoms with van der Waals surface area (Å²) in [5, 5.41) is 31.0. The largest absolute Gasteiger partial charge is 0.477 e. The first-order valence-corrected chi connectivity index (χ1v) is 5.21. The van der Waals surface area contributed by atoms with Crippen LogP contribution >= 0.6 is 0 Å². The molecule has 8 nitrogen and oxygen atoms in total. The molecule has 1 unspecified atom stereocenters. The van der Waals surface area contributed by atoms with Gasteiger partial charge in [-0.05, 0) is 19.4 Å². The van der Waals surface area contributed by atoms with E-state index < -0.39 is 10.9 Å². The smallest absolute Gasteiger partial charge is 0.354 e. The minimum Gasteiger partial charge on any atom is -0.477 e. The van der Waals surface area contributed by atoms with Crippen molar-refractivity contribution in [1.82, 2.24) is 4.98 Å². The van der Waals surface area contributed by atoms with Gasteiger partial charge in [-0.1, -0.05) is 0 Å². The number of aliphatic hydroxyl groups is 1. The zero-order valence-electron chi connectivity index (χ0n) is 9.66. The SMILES string of the molecule is CC(CCO)Nc1nc(C(=O)O)ccc1[N+](=O)[O-]. The molecule has 0 aliphatic carbocycles.